The van der Waals surface area contributed by atoms with Crippen LogP contribution in [-0.4, -0.2) is 36.2 Å². The Morgan fingerprint density at radius 1 is 1.67 bits per heavy atom. The molecule has 1 aliphatic rings. The molecule has 2 heterocycles. The smallest absolute Gasteiger partial charge is 0.224 e. The van der Waals surface area contributed by atoms with Crippen molar-refractivity contribution in [2.75, 3.05) is 25.0 Å². The summed E-state index contributed by atoms with van der Waals surface area (Å²) in [4.78, 5) is 13.5. The molecular weight excluding hydrogens is 280 g/mol. The molecule has 2 rings (SSSR count). The van der Waals surface area contributed by atoms with Gasteiger partial charge in [-0.1, -0.05) is 11.3 Å². The molecule has 1 aromatic rings. The van der Waals surface area contributed by atoms with E-state index in [0.29, 0.717) is 0 Å². The highest BCUT2D eigenvalue weighted by Crippen LogP contribution is 2.28. The van der Waals surface area contributed by atoms with Gasteiger partial charge in [-0.15, -0.1) is 10.2 Å². The molecule has 1 unspecified atom stereocenters. The molecule has 0 spiro atoms. The van der Waals surface area contributed by atoms with E-state index in [1.165, 1.54) is 11.3 Å². The number of anilines is 1. The molecule has 1 atom stereocenters. The van der Waals surface area contributed by atoms with E-state index in [1.807, 2.05) is 0 Å². The topological polar surface area (TPSA) is 58.1 Å². The number of carbonyl (C=O) groups is 1. The van der Waals surface area contributed by atoms with E-state index in [2.05, 4.69) is 36.3 Å². The van der Waals surface area contributed by atoms with E-state index in [4.69, 9.17) is 0 Å². The lowest BCUT2D eigenvalue weighted by molar-refractivity contribution is -0.123. The highest BCUT2D eigenvalue weighted by Gasteiger charge is 2.29. The maximum atomic E-state index is 11.4. The van der Waals surface area contributed by atoms with Crippen molar-refractivity contribution in [3.63, 3.8) is 0 Å². The highest BCUT2D eigenvalue weighted by atomic mass is 79.9. The maximum absolute atomic E-state index is 11.4. The third-order valence-electron chi connectivity index (χ3n) is 2.47. The first-order valence-electron chi connectivity index (χ1n) is 4.66. The van der Waals surface area contributed by atoms with E-state index in [9.17, 15) is 4.79 Å². The lowest BCUT2D eigenvalue weighted by atomic mass is 10.1. The van der Waals surface area contributed by atoms with E-state index >= 15 is 0 Å². The van der Waals surface area contributed by atoms with E-state index in [-0.39, 0.29) is 11.8 Å². The molecule has 1 aromatic heterocycles. The maximum Gasteiger partial charge on any atom is 0.224 e. The van der Waals surface area contributed by atoms with Gasteiger partial charge in [0.1, 0.15) is 0 Å². The minimum absolute atomic E-state index is 0.0812. The summed E-state index contributed by atoms with van der Waals surface area (Å²) >= 11 is 4.77. The average Bonchev–Trinajstić information content (AvgIpc) is 2.84. The van der Waals surface area contributed by atoms with Crippen LogP contribution in [0.4, 0.5) is 5.13 Å². The molecule has 0 aliphatic carbocycles. The second-order valence-electron chi connectivity index (χ2n) is 3.38. The number of carbonyl (C=O) groups excluding carboxylic acids is 1. The predicted octanol–water partition coefficient (Wildman–Crippen LogP) is 0.873. The van der Waals surface area contributed by atoms with Gasteiger partial charge in [-0.25, -0.2) is 0 Å². The number of aromatic nitrogens is 2. The van der Waals surface area contributed by atoms with Crippen LogP contribution < -0.4 is 10.2 Å². The molecule has 82 valence electrons. The Labute approximate surface area is 100 Å². The summed E-state index contributed by atoms with van der Waals surface area (Å²) in [6.45, 7) is 1.61. The summed E-state index contributed by atoms with van der Waals surface area (Å²) in [6, 6.07) is 0. The van der Waals surface area contributed by atoms with E-state index in [1.54, 1.807) is 7.05 Å². The average molecular weight is 291 g/mol. The second kappa shape index (κ2) is 4.44. The second-order valence-corrected chi connectivity index (χ2v) is 5.62. The Balaban J connectivity index is 2.01. The molecule has 5 nitrogen and oxygen atoms in total. The van der Waals surface area contributed by atoms with Crippen LogP contribution in [0.15, 0.2) is 3.92 Å². The molecule has 1 aliphatic heterocycles. The molecule has 15 heavy (non-hydrogen) atoms. The van der Waals surface area contributed by atoms with Gasteiger partial charge in [-0.05, 0) is 22.4 Å². The van der Waals surface area contributed by atoms with Crippen LogP contribution in [0.25, 0.3) is 0 Å². The summed E-state index contributed by atoms with van der Waals surface area (Å²) < 4.78 is 0.779. The lowest BCUT2D eigenvalue weighted by Gasteiger charge is -2.13. The largest absolute Gasteiger partial charge is 0.359 e. The third-order valence-corrected chi connectivity index (χ3v) is 3.88. The van der Waals surface area contributed by atoms with Crippen molar-refractivity contribution in [2.24, 2.45) is 5.92 Å². The normalized spacial score (nSPS) is 20.7. The van der Waals surface area contributed by atoms with Gasteiger partial charge in [0.25, 0.3) is 0 Å². The van der Waals surface area contributed by atoms with Crippen molar-refractivity contribution in [3.05, 3.63) is 3.92 Å². The fraction of sp³-hybridized carbons (Fsp3) is 0.625. The number of halogens is 1. The Kier molecular flexibility index (Phi) is 3.20. The van der Waals surface area contributed by atoms with Crippen molar-refractivity contribution in [2.45, 2.75) is 6.42 Å². The molecule has 7 heteroatoms. The molecule has 1 N–H and O–H groups in total. The quantitative estimate of drug-likeness (QED) is 0.878. The van der Waals surface area contributed by atoms with Crippen LogP contribution >= 0.6 is 27.3 Å². The SMILES string of the molecule is CNC(=O)C1CCN(c2nnc(Br)s2)C1. The summed E-state index contributed by atoms with van der Waals surface area (Å²) in [5.74, 6) is 0.193. The predicted molar refractivity (Wildman–Crippen MR) is 62.0 cm³/mol. The van der Waals surface area contributed by atoms with Crippen LogP contribution in [0, 0.1) is 5.92 Å². The number of nitrogens with zero attached hydrogens (tertiary/aromatic N) is 3. The zero-order valence-corrected chi connectivity index (χ0v) is 10.6. The van der Waals surface area contributed by atoms with Gasteiger partial charge in [0.15, 0.2) is 3.92 Å². The number of rotatable bonds is 2. The van der Waals surface area contributed by atoms with Crippen LogP contribution in [-0.2, 0) is 4.79 Å². The molecule has 1 fully saturated rings. The zero-order valence-electron chi connectivity index (χ0n) is 8.23. The monoisotopic (exact) mass is 290 g/mol. The number of hydrogen-bond acceptors (Lipinski definition) is 5. The Morgan fingerprint density at radius 2 is 2.47 bits per heavy atom. The van der Waals surface area contributed by atoms with Crippen LogP contribution in [0.1, 0.15) is 6.42 Å². The Bertz CT molecular complexity index is 369. The third kappa shape index (κ3) is 2.28. The first-order valence-corrected chi connectivity index (χ1v) is 6.27. The Morgan fingerprint density at radius 3 is 3.07 bits per heavy atom. The van der Waals surface area contributed by atoms with Crippen molar-refractivity contribution < 1.29 is 4.79 Å². The minimum Gasteiger partial charge on any atom is -0.359 e. The molecule has 1 amide bonds. The first kappa shape index (κ1) is 10.8. The van der Waals surface area contributed by atoms with Crippen LogP contribution in [0.3, 0.4) is 0 Å². The Hall–Kier alpha value is -0.690. The van der Waals surface area contributed by atoms with Gasteiger partial charge in [-0.2, -0.15) is 0 Å². The van der Waals surface area contributed by atoms with Crippen molar-refractivity contribution in [3.8, 4) is 0 Å². The zero-order chi connectivity index (χ0) is 10.8. The summed E-state index contributed by atoms with van der Waals surface area (Å²) in [7, 11) is 1.67. The molecular formula is C8H11BrN4OS. The number of amides is 1. The van der Waals surface area contributed by atoms with Gasteiger partial charge in [0.2, 0.25) is 11.0 Å². The first-order chi connectivity index (χ1) is 7.20. The van der Waals surface area contributed by atoms with Crippen LogP contribution in [0.2, 0.25) is 0 Å². The molecule has 0 radical (unpaired) electrons. The van der Waals surface area contributed by atoms with Gasteiger partial charge < -0.3 is 10.2 Å². The van der Waals surface area contributed by atoms with Gasteiger partial charge >= 0.3 is 0 Å². The molecule has 0 bridgehead atoms. The lowest BCUT2D eigenvalue weighted by Crippen LogP contribution is -2.30. The summed E-state index contributed by atoms with van der Waals surface area (Å²) in [6.07, 6.45) is 0.886. The van der Waals surface area contributed by atoms with Crippen molar-refractivity contribution in [1.82, 2.24) is 15.5 Å². The minimum atomic E-state index is 0.0812. The highest BCUT2D eigenvalue weighted by molar-refractivity contribution is 9.11. The number of hydrogen-bond donors (Lipinski definition) is 1. The molecule has 0 saturated carbocycles. The van der Waals surface area contributed by atoms with Gasteiger partial charge in [0, 0.05) is 20.1 Å². The molecule has 0 aromatic carbocycles. The van der Waals surface area contributed by atoms with Crippen molar-refractivity contribution in [1.29, 1.82) is 0 Å². The van der Waals surface area contributed by atoms with E-state index in [0.717, 1.165) is 28.6 Å². The van der Waals surface area contributed by atoms with Gasteiger partial charge in [0.05, 0.1) is 5.92 Å². The summed E-state index contributed by atoms with van der Waals surface area (Å²) in [5.41, 5.74) is 0. The van der Waals surface area contributed by atoms with Gasteiger partial charge in [-0.3, -0.25) is 4.79 Å². The van der Waals surface area contributed by atoms with Crippen LogP contribution in [0.5, 0.6) is 0 Å². The summed E-state index contributed by atoms with van der Waals surface area (Å²) in [5, 5.41) is 11.5. The standard InChI is InChI=1S/C8H11BrN4OS/c1-10-6(14)5-2-3-13(4-5)8-12-11-7(9)15-8/h5H,2-4H2,1H3,(H,10,14). The molecule has 1 saturated heterocycles. The fourth-order valence-electron chi connectivity index (χ4n) is 1.68. The van der Waals surface area contributed by atoms with E-state index < -0.39 is 0 Å². The fourth-order valence-corrected chi connectivity index (χ4v) is 2.80. The van der Waals surface area contributed by atoms with Crippen molar-refractivity contribution >= 4 is 38.3 Å². The number of nitrogens with one attached hydrogen (secondary N) is 1.